The van der Waals surface area contributed by atoms with Crippen LogP contribution in [0.25, 0.3) is 0 Å². The Kier molecular flexibility index (Phi) is 9.11. The Morgan fingerprint density at radius 2 is 1.85 bits per heavy atom. The Labute approximate surface area is 213 Å². The monoisotopic (exact) mass is 560 g/mol. The van der Waals surface area contributed by atoms with Crippen LogP contribution in [0.5, 0.6) is 11.5 Å². The molecule has 2 aromatic carbocycles. The van der Waals surface area contributed by atoms with E-state index >= 15 is 0 Å². The maximum Gasteiger partial charge on any atom is 0.192 e. The molecule has 0 radical (unpaired) electrons. The fourth-order valence-corrected chi connectivity index (χ4v) is 3.85. The molecule has 0 unspecified atom stereocenters. The van der Waals surface area contributed by atoms with Crippen LogP contribution in [-0.4, -0.2) is 26.8 Å². The highest BCUT2D eigenvalue weighted by molar-refractivity contribution is 14.0. The number of rotatable bonds is 7. The normalized spacial score (nSPS) is 14.1. The van der Waals surface area contributed by atoms with Gasteiger partial charge in [0.1, 0.15) is 17.3 Å². The molecule has 0 spiro atoms. The van der Waals surface area contributed by atoms with Gasteiger partial charge in [0, 0.05) is 18.7 Å². The van der Waals surface area contributed by atoms with Gasteiger partial charge in [0.25, 0.3) is 0 Å². The summed E-state index contributed by atoms with van der Waals surface area (Å²) in [6.45, 7) is 5.11. The molecule has 4 rings (SSSR count). The van der Waals surface area contributed by atoms with Crippen LogP contribution in [0.3, 0.4) is 0 Å². The molecule has 8 heteroatoms. The van der Waals surface area contributed by atoms with Gasteiger partial charge >= 0.3 is 0 Å². The standard InChI is InChI=1S/C25H32N6O.HI/c1-18-13-14-20(23(15-18)32-22-11-5-4-6-12-22)16-26-25(28-21-9-7-8-10-21)27-17-24-30-29-19(2)31(24)3;/h4-6,11-15,21H,7-10,16-17H2,1-3H3,(H2,26,27,28);1H. The summed E-state index contributed by atoms with van der Waals surface area (Å²) in [6.07, 6.45) is 4.88. The zero-order valence-electron chi connectivity index (χ0n) is 19.5. The summed E-state index contributed by atoms with van der Waals surface area (Å²) in [5, 5.41) is 15.4. The molecule has 0 saturated heterocycles. The molecule has 1 aromatic heterocycles. The highest BCUT2D eigenvalue weighted by Gasteiger charge is 2.17. The van der Waals surface area contributed by atoms with Crippen LogP contribution in [0.2, 0.25) is 0 Å². The molecule has 0 bridgehead atoms. The van der Waals surface area contributed by atoms with Gasteiger partial charge in [0.15, 0.2) is 11.8 Å². The second kappa shape index (κ2) is 12.0. The molecule has 1 aliphatic rings. The fraction of sp³-hybridized carbons (Fsp3) is 0.400. The van der Waals surface area contributed by atoms with E-state index in [-0.39, 0.29) is 24.0 Å². The molecule has 0 aliphatic heterocycles. The lowest BCUT2D eigenvalue weighted by atomic mass is 10.1. The average Bonchev–Trinajstić information content (AvgIpc) is 3.42. The number of para-hydroxylation sites is 1. The smallest absolute Gasteiger partial charge is 0.192 e. The lowest BCUT2D eigenvalue weighted by molar-refractivity contribution is 0.476. The third-order valence-electron chi connectivity index (χ3n) is 5.89. The molecule has 1 fully saturated rings. The first-order chi connectivity index (χ1) is 15.6. The summed E-state index contributed by atoms with van der Waals surface area (Å²) in [5.41, 5.74) is 2.20. The maximum absolute atomic E-state index is 6.17. The first-order valence-corrected chi connectivity index (χ1v) is 11.3. The van der Waals surface area contributed by atoms with E-state index in [1.807, 2.05) is 48.9 Å². The molecule has 7 nitrogen and oxygen atoms in total. The molecule has 3 aromatic rings. The second-order valence-electron chi connectivity index (χ2n) is 8.39. The number of guanidine groups is 1. The Morgan fingerprint density at radius 1 is 1.09 bits per heavy atom. The summed E-state index contributed by atoms with van der Waals surface area (Å²) in [6, 6.07) is 16.6. The molecular weight excluding hydrogens is 527 g/mol. The molecule has 1 heterocycles. The van der Waals surface area contributed by atoms with Crippen LogP contribution in [-0.2, 0) is 20.1 Å². The van der Waals surface area contributed by atoms with Gasteiger partial charge in [0.05, 0.1) is 13.1 Å². The quantitative estimate of drug-likeness (QED) is 0.241. The number of halogens is 1. The van der Waals surface area contributed by atoms with Crippen molar-refractivity contribution < 1.29 is 4.74 Å². The number of nitrogens with one attached hydrogen (secondary N) is 2. The predicted molar refractivity (Wildman–Crippen MR) is 142 cm³/mol. The van der Waals surface area contributed by atoms with E-state index in [2.05, 4.69) is 46.0 Å². The lowest BCUT2D eigenvalue weighted by Gasteiger charge is -2.18. The van der Waals surface area contributed by atoms with Gasteiger partial charge < -0.3 is 19.9 Å². The van der Waals surface area contributed by atoms with Gasteiger partial charge in [-0.25, -0.2) is 4.99 Å². The fourth-order valence-electron chi connectivity index (χ4n) is 3.85. The first-order valence-electron chi connectivity index (χ1n) is 11.3. The van der Waals surface area contributed by atoms with Crippen molar-refractivity contribution in [2.75, 3.05) is 0 Å². The molecule has 0 atom stereocenters. The van der Waals surface area contributed by atoms with Gasteiger partial charge in [-0.1, -0.05) is 43.2 Å². The zero-order valence-corrected chi connectivity index (χ0v) is 21.9. The SMILES string of the molecule is Cc1ccc(CN=C(NCc2nnc(C)n2C)NC2CCCC2)c(Oc2ccccc2)c1.I. The second-order valence-corrected chi connectivity index (χ2v) is 8.39. The van der Waals surface area contributed by atoms with Gasteiger partial charge in [-0.3, -0.25) is 0 Å². The Morgan fingerprint density at radius 3 is 2.55 bits per heavy atom. The minimum atomic E-state index is 0. The third kappa shape index (κ3) is 6.93. The highest BCUT2D eigenvalue weighted by atomic mass is 127. The van der Waals surface area contributed by atoms with E-state index in [4.69, 9.17) is 9.73 Å². The summed E-state index contributed by atoms with van der Waals surface area (Å²) >= 11 is 0. The summed E-state index contributed by atoms with van der Waals surface area (Å²) in [5.74, 6) is 4.23. The number of aromatic nitrogens is 3. The molecule has 0 amide bonds. The van der Waals surface area contributed by atoms with Gasteiger partial charge in [0.2, 0.25) is 0 Å². The van der Waals surface area contributed by atoms with Gasteiger partial charge in [-0.05, 0) is 50.5 Å². The summed E-state index contributed by atoms with van der Waals surface area (Å²) < 4.78 is 8.16. The molecule has 33 heavy (non-hydrogen) atoms. The molecule has 1 saturated carbocycles. The van der Waals surface area contributed by atoms with Crippen LogP contribution < -0.4 is 15.4 Å². The number of nitrogens with zero attached hydrogens (tertiary/aromatic N) is 4. The Bertz CT molecular complexity index is 1060. The van der Waals surface area contributed by atoms with E-state index in [9.17, 15) is 0 Å². The third-order valence-corrected chi connectivity index (χ3v) is 5.89. The zero-order chi connectivity index (χ0) is 22.3. The molecule has 1 aliphatic carbocycles. The van der Waals surface area contributed by atoms with E-state index in [0.717, 1.165) is 40.2 Å². The maximum atomic E-state index is 6.17. The van der Waals surface area contributed by atoms with Crippen LogP contribution >= 0.6 is 24.0 Å². The van der Waals surface area contributed by atoms with E-state index in [1.54, 1.807) is 0 Å². The van der Waals surface area contributed by atoms with Crippen molar-refractivity contribution in [3.63, 3.8) is 0 Å². The Hall–Kier alpha value is -2.62. The number of hydrogen-bond donors (Lipinski definition) is 2. The van der Waals surface area contributed by atoms with Crippen LogP contribution in [0.15, 0.2) is 53.5 Å². The Balaban J connectivity index is 0.00000306. The predicted octanol–water partition coefficient (Wildman–Crippen LogP) is 5.02. The van der Waals surface area contributed by atoms with E-state index in [1.165, 1.54) is 25.7 Å². The van der Waals surface area contributed by atoms with Gasteiger partial charge in [-0.2, -0.15) is 0 Å². The van der Waals surface area contributed by atoms with Gasteiger partial charge in [-0.15, -0.1) is 34.2 Å². The number of hydrogen-bond acceptors (Lipinski definition) is 4. The summed E-state index contributed by atoms with van der Waals surface area (Å²) in [7, 11) is 1.98. The minimum Gasteiger partial charge on any atom is -0.457 e. The topological polar surface area (TPSA) is 76.4 Å². The molecule has 176 valence electrons. The van der Waals surface area contributed by atoms with E-state index in [0.29, 0.717) is 19.1 Å². The van der Waals surface area contributed by atoms with E-state index < -0.39 is 0 Å². The number of aryl methyl sites for hydroxylation is 2. The lowest BCUT2D eigenvalue weighted by Crippen LogP contribution is -2.42. The van der Waals surface area contributed by atoms with Crippen molar-refractivity contribution in [1.29, 1.82) is 0 Å². The molecule has 2 N–H and O–H groups in total. The van der Waals surface area contributed by atoms with Crippen molar-refractivity contribution in [1.82, 2.24) is 25.4 Å². The number of benzene rings is 2. The summed E-state index contributed by atoms with van der Waals surface area (Å²) in [4.78, 5) is 4.90. The van der Waals surface area contributed by atoms with Crippen LogP contribution in [0.1, 0.15) is 48.5 Å². The highest BCUT2D eigenvalue weighted by Crippen LogP contribution is 2.27. The first kappa shape index (κ1) is 25.0. The van der Waals surface area contributed by atoms with Crippen LogP contribution in [0.4, 0.5) is 0 Å². The molecular formula is C25H33IN6O. The van der Waals surface area contributed by atoms with Crippen molar-refractivity contribution >= 4 is 29.9 Å². The largest absolute Gasteiger partial charge is 0.457 e. The minimum absolute atomic E-state index is 0. The van der Waals surface area contributed by atoms with Crippen molar-refractivity contribution in [2.24, 2.45) is 12.0 Å². The van der Waals surface area contributed by atoms with Crippen molar-refractivity contribution in [3.8, 4) is 11.5 Å². The number of ether oxygens (including phenoxy) is 1. The number of aliphatic imine (C=N–C) groups is 1. The van der Waals surface area contributed by atoms with Crippen LogP contribution in [0, 0.1) is 13.8 Å². The average molecular weight is 560 g/mol. The van der Waals surface area contributed by atoms with Crippen molar-refractivity contribution in [3.05, 3.63) is 71.3 Å². The van der Waals surface area contributed by atoms with Crippen molar-refractivity contribution in [2.45, 2.75) is 58.7 Å².